The molecule has 0 saturated carbocycles. The Hall–Kier alpha value is -2.13. The van der Waals surface area contributed by atoms with Crippen LogP contribution >= 0.6 is 24.0 Å². The number of nitrogens with zero attached hydrogens (tertiary/aromatic N) is 2. The van der Waals surface area contributed by atoms with Crippen LogP contribution in [0.3, 0.4) is 0 Å². The molecule has 7 heteroatoms. The lowest BCUT2D eigenvalue weighted by molar-refractivity contribution is 0.0617. The molecule has 2 aromatic carbocycles. The van der Waals surface area contributed by atoms with Crippen LogP contribution in [0.15, 0.2) is 59.6 Å². The SMILES string of the molecule is CCNC(=NCc1ccc(C(=O)N(C)C)cc1)NCC(C)(O)c1ccccc1.I. The number of halogens is 1. The van der Waals surface area contributed by atoms with Crippen molar-refractivity contribution in [1.29, 1.82) is 0 Å². The van der Waals surface area contributed by atoms with E-state index in [-0.39, 0.29) is 29.9 Å². The number of hydrogen-bond acceptors (Lipinski definition) is 3. The van der Waals surface area contributed by atoms with E-state index in [4.69, 9.17) is 0 Å². The number of nitrogens with one attached hydrogen (secondary N) is 2. The molecule has 0 spiro atoms. The first-order valence-corrected chi connectivity index (χ1v) is 9.44. The number of rotatable bonds is 7. The number of guanidine groups is 1. The second kappa shape index (κ2) is 11.8. The normalized spacial score (nSPS) is 13.1. The molecule has 0 heterocycles. The maximum Gasteiger partial charge on any atom is 0.253 e. The van der Waals surface area contributed by atoms with Crippen LogP contribution in [-0.2, 0) is 12.1 Å². The molecule has 0 radical (unpaired) electrons. The molecule has 0 aliphatic rings. The molecular weight excluding hydrogens is 479 g/mol. The Balaban J connectivity index is 0.00000420. The van der Waals surface area contributed by atoms with Crippen LogP contribution in [0.1, 0.15) is 35.3 Å². The predicted octanol–water partition coefficient (Wildman–Crippen LogP) is 2.97. The van der Waals surface area contributed by atoms with Crippen LogP contribution in [0.2, 0.25) is 0 Å². The first-order chi connectivity index (χ1) is 13.3. The number of amides is 1. The van der Waals surface area contributed by atoms with Gasteiger partial charge in [-0.2, -0.15) is 0 Å². The van der Waals surface area contributed by atoms with Gasteiger partial charge in [0.2, 0.25) is 0 Å². The highest BCUT2D eigenvalue weighted by Crippen LogP contribution is 2.18. The maximum atomic E-state index is 12.0. The Kier molecular flexibility index (Phi) is 10.1. The minimum absolute atomic E-state index is 0. The van der Waals surface area contributed by atoms with E-state index in [1.165, 1.54) is 0 Å². The second-order valence-electron chi connectivity index (χ2n) is 7.09. The molecule has 0 aromatic heterocycles. The summed E-state index contributed by atoms with van der Waals surface area (Å²) in [7, 11) is 3.47. The number of hydrogen-bond donors (Lipinski definition) is 3. The summed E-state index contributed by atoms with van der Waals surface area (Å²) in [6.45, 7) is 5.29. The molecule has 1 amide bonds. The van der Waals surface area contributed by atoms with Crippen molar-refractivity contribution in [2.45, 2.75) is 26.0 Å². The number of aliphatic imine (C=N–C) groups is 1. The Morgan fingerprint density at radius 1 is 1.07 bits per heavy atom. The van der Waals surface area contributed by atoms with E-state index < -0.39 is 5.60 Å². The van der Waals surface area contributed by atoms with Gasteiger partial charge in [-0.15, -0.1) is 24.0 Å². The summed E-state index contributed by atoms with van der Waals surface area (Å²) >= 11 is 0. The monoisotopic (exact) mass is 510 g/mol. The van der Waals surface area contributed by atoms with E-state index in [1.54, 1.807) is 25.9 Å². The minimum Gasteiger partial charge on any atom is -0.384 e. The summed E-state index contributed by atoms with van der Waals surface area (Å²) in [6.07, 6.45) is 0. The molecule has 1 atom stereocenters. The average molecular weight is 510 g/mol. The third-order valence-electron chi connectivity index (χ3n) is 4.37. The van der Waals surface area contributed by atoms with Gasteiger partial charge in [-0.1, -0.05) is 42.5 Å². The molecule has 2 rings (SSSR count). The molecule has 29 heavy (non-hydrogen) atoms. The zero-order valence-corrected chi connectivity index (χ0v) is 19.8. The van der Waals surface area contributed by atoms with Gasteiger partial charge in [-0.25, -0.2) is 4.99 Å². The van der Waals surface area contributed by atoms with Crippen LogP contribution in [0.5, 0.6) is 0 Å². The molecule has 2 aromatic rings. The van der Waals surface area contributed by atoms with Crippen LogP contribution in [0.4, 0.5) is 0 Å². The Morgan fingerprint density at radius 2 is 1.69 bits per heavy atom. The topological polar surface area (TPSA) is 77.0 Å². The molecule has 158 valence electrons. The van der Waals surface area contributed by atoms with E-state index in [2.05, 4.69) is 15.6 Å². The van der Waals surface area contributed by atoms with Crippen LogP contribution < -0.4 is 10.6 Å². The van der Waals surface area contributed by atoms with Crippen molar-refractivity contribution in [1.82, 2.24) is 15.5 Å². The fourth-order valence-electron chi connectivity index (χ4n) is 2.68. The Bertz CT molecular complexity index is 790. The zero-order valence-electron chi connectivity index (χ0n) is 17.5. The van der Waals surface area contributed by atoms with E-state index in [9.17, 15) is 9.90 Å². The number of aliphatic hydroxyl groups is 1. The van der Waals surface area contributed by atoms with Gasteiger partial charge in [-0.3, -0.25) is 4.79 Å². The first-order valence-electron chi connectivity index (χ1n) is 9.44. The van der Waals surface area contributed by atoms with E-state index in [1.807, 2.05) is 61.5 Å². The predicted molar refractivity (Wildman–Crippen MR) is 129 cm³/mol. The van der Waals surface area contributed by atoms with E-state index >= 15 is 0 Å². The number of carbonyl (C=O) groups excluding carboxylic acids is 1. The lowest BCUT2D eigenvalue weighted by Gasteiger charge is -2.25. The van der Waals surface area contributed by atoms with Crippen molar-refractivity contribution in [3.8, 4) is 0 Å². The second-order valence-corrected chi connectivity index (χ2v) is 7.09. The van der Waals surface area contributed by atoms with Crippen molar-refractivity contribution < 1.29 is 9.90 Å². The van der Waals surface area contributed by atoms with Crippen LogP contribution in [0, 0.1) is 0 Å². The quantitative estimate of drug-likeness (QED) is 0.304. The largest absolute Gasteiger partial charge is 0.384 e. The van der Waals surface area contributed by atoms with E-state index in [0.717, 1.165) is 17.7 Å². The fourth-order valence-corrected chi connectivity index (χ4v) is 2.68. The van der Waals surface area contributed by atoms with Crippen LogP contribution in [0.25, 0.3) is 0 Å². The Labute approximate surface area is 190 Å². The van der Waals surface area contributed by atoms with Gasteiger partial charge in [0.1, 0.15) is 5.60 Å². The van der Waals surface area contributed by atoms with Crippen molar-refractivity contribution in [3.63, 3.8) is 0 Å². The molecular formula is C22H31IN4O2. The maximum absolute atomic E-state index is 12.0. The van der Waals surface area contributed by atoms with Crippen molar-refractivity contribution in [2.24, 2.45) is 4.99 Å². The van der Waals surface area contributed by atoms with Gasteiger partial charge in [0.25, 0.3) is 5.91 Å². The van der Waals surface area contributed by atoms with Gasteiger partial charge in [0, 0.05) is 26.2 Å². The molecule has 0 aliphatic carbocycles. The average Bonchev–Trinajstić information content (AvgIpc) is 2.70. The molecule has 0 saturated heterocycles. The van der Waals surface area contributed by atoms with Gasteiger partial charge < -0.3 is 20.6 Å². The third-order valence-corrected chi connectivity index (χ3v) is 4.37. The molecule has 0 fully saturated rings. The van der Waals surface area contributed by atoms with Gasteiger partial charge in [0.15, 0.2) is 5.96 Å². The van der Waals surface area contributed by atoms with Crippen molar-refractivity contribution >= 4 is 35.8 Å². The number of carbonyl (C=O) groups is 1. The minimum atomic E-state index is -1.01. The highest BCUT2D eigenvalue weighted by molar-refractivity contribution is 14.0. The Morgan fingerprint density at radius 3 is 2.24 bits per heavy atom. The number of benzene rings is 2. The van der Waals surface area contributed by atoms with Crippen LogP contribution in [-0.4, -0.2) is 49.1 Å². The summed E-state index contributed by atoms with van der Waals surface area (Å²) in [6, 6.07) is 17.0. The van der Waals surface area contributed by atoms with E-state index in [0.29, 0.717) is 24.6 Å². The highest BCUT2D eigenvalue weighted by atomic mass is 127. The lowest BCUT2D eigenvalue weighted by Crippen LogP contribution is -2.44. The smallest absolute Gasteiger partial charge is 0.253 e. The summed E-state index contributed by atoms with van der Waals surface area (Å²) in [5.74, 6) is 0.611. The molecule has 1 unspecified atom stereocenters. The van der Waals surface area contributed by atoms with Gasteiger partial charge >= 0.3 is 0 Å². The highest BCUT2D eigenvalue weighted by Gasteiger charge is 2.22. The fraction of sp³-hybridized carbons (Fsp3) is 0.364. The lowest BCUT2D eigenvalue weighted by atomic mass is 9.96. The van der Waals surface area contributed by atoms with Crippen molar-refractivity contribution in [2.75, 3.05) is 27.2 Å². The summed E-state index contributed by atoms with van der Waals surface area (Å²) < 4.78 is 0. The molecule has 3 N–H and O–H groups in total. The summed E-state index contributed by atoms with van der Waals surface area (Å²) in [5, 5.41) is 17.1. The standard InChI is InChI=1S/C22H30N4O2.HI/c1-5-23-21(25-16-22(2,28)19-9-7-6-8-10-19)24-15-17-11-13-18(14-12-17)20(27)26(3)4;/h6-14,28H,5,15-16H2,1-4H3,(H2,23,24,25);1H. The molecule has 6 nitrogen and oxygen atoms in total. The van der Waals surface area contributed by atoms with Gasteiger partial charge in [-0.05, 0) is 37.1 Å². The third kappa shape index (κ3) is 7.66. The first kappa shape index (κ1) is 24.9. The van der Waals surface area contributed by atoms with Crippen molar-refractivity contribution in [3.05, 3.63) is 71.3 Å². The summed E-state index contributed by atoms with van der Waals surface area (Å²) in [4.78, 5) is 18.1. The summed E-state index contributed by atoms with van der Waals surface area (Å²) in [5.41, 5.74) is 1.49. The zero-order chi connectivity index (χ0) is 20.6. The molecule has 0 aliphatic heterocycles. The molecule has 0 bridgehead atoms. The van der Waals surface area contributed by atoms with Gasteiger partial charge in [0.05, 0.1) is 13.1 Å².